The van der Waals surface area contributed by atoms with E-state index < -0.39 is 4.92 Å². The van der Waals surface area contributed by atoms with E-state index in [0.29, 0.717) is 5.69 Å². The molecule has 2 unspecified atom stereocenters. The fourth-order valence-electron chi connectivity index (χ4n) is 3.00. The number of hydrogen-bond acceptors (Lipinski definition) is 4. The van der Waals surface area contributed by atoms with Crippen molar-refractivity contribution in [3.63, 3.8) is 0 Å². The smallest absolute Gasteiger partial charge is 0.282 e. The lowest BCUT2D eigenvalue weighted by molar-refractivity contribution is -0.385. The van der Waals surface area contributed by atoms with Gasteiger partial charge >= 0.3 is 0 Å². The zero-order chi connectivity index (χ0) is 15.6. The molecule has 1 N–H and O–H groups in total. The van der Waals surface area contributed by atoms with Gasteiger partial charge in [-0.1, -0.05) is 6.92 Å². The molecule has 0 radical (unpaired) electrons. The summed E-state index contributed by atoms with van der Waals surface area (Å²) in [7, 11) is 1.72. The van der Waals surface area contributed by atoms with Gasteiger partial charge in [0, 0.05) is 30.9 Å². The summed E-state index contributed by atoms with van der Waals surface area (Å²) in [6.07, 6.45) is 2.78. The van der Waals surface area contributed by atoms with Gasteiger partial charge in [-0.05, 0) is 38.3 Å². The topological polar surface area (TPSA) is 75.5 Å². The minimum absolute atomic E-state index is 0.125. The third-order valence-corrected chi connectivity index (χ3v) is 4.20. The molecule has 6 heteroatoms. The average molecular weight is 291 g/mol. The monoisotopic (exact) mass is 291 g/mol. The van der Waals surface area contributed by atoms with E-state index in [1.165, 1.54) is 6.07 Å². The Labute approximate surface area is 124 Å². The number of likely N-dealkylation sites (tertiary alicyclic amines) is 1. The molecule has 2 atom stereocenters. The van der Waals surface area contributed by atoms with E-state index in [0.717, 1.165) is 19.3 Å². The van der Waals surface area contributed by atoms with Crippen molar-refractivity contribution >= 4 is 17.3 Å². The Hall–Kier alpha value is -2.11. The Morgan fingerprint density at radius 3 is 2.76 bits per heavy atom. The molecular weight excluding hydrogens is 270 g/mol. The Morgan fingerprint density at radius 1 is 1.48 bits per heavy atom. The third-order valence-electron chi connectivity index (χ3n) is 4.20. The maximum absolute atomic E-state index is 12.8. The molecule has 6 nitrogen and oxygen atoms in total. The summed E-state index contributed by atoms with van der Waals surface area (Å²) in [5, 5.41) is 14.1. The van der Waals surface area contributed by atoms with Crippen LogP contribution >= 0.6 is 0 Å². The maximum Gasteiger partial charge on any atom is 0.282 e. The lowest BCUT2D eigenvalue weighted by atomic mass is 10.1. The van der Waals surface area contributed by atoms with E-state index in [9.17, 15) is 14.9 Å². The quantitative estimate of drug-likeness (QED) is 0.683. The molecule has 1 saturated heterocycles. The van der Waals surface area contributed by atoms with Crippen molar-refractivity contribution in [3.8, 4) is 0 Å². The van der Waals surface area contributed by atoms with Crippen LogP contribution < -0.4 is 5.32 Å². The van der Waals surface area contributed by atoms with E-state index in [4.69, 9.17) is 0 Å². The molecule has 0 aromatic heterocycles. The van der Waals surface area contributed by atoms with Crippen molar-refractivity contribution in [1.29, 1.82) is 0 Å². The predicted molar refractivity (Wildman–Crippen MR) is 81.6 cm³/mol. The van der Waals surface area contributed by atoms with Crippen molar-refractivity contribution < 1.29 is 9.72 Å². The predicted octanol–water partition coefficient (Wildman–Crippen LogP) is 3.04. The first-order valence-electron chi connectivity index (χ1n) is 7.28. The van der Waals surface area contributed by atoms with Gasteiger partial charge in [-0.3, -0.25) is 14.9 Å². The number of anilines is 1. The molecule has 1 fully saturated rings. The minimum atomic E-state index is -0.492. The second kappa shape index (κ2) is 6.11. The van der Waals surface area contributed by atoms with Gasteiger partial charge < -0.3 is 10.2 Å². The number of hydrogen-bond donors (Lipinski definition) is 1. The van der Waals surface area contributed by atoms with Crippen LogP contribution in [0.1, 0.15) is 43.5 Å². The Bertz CT molecular complexity index is 559. The van der Waals surface area contributed by atoms with Crippen LogP contribution in [0.3, 0.4) is 0 Å². The number of nitrogens with zero attached hydrogens (tertiary/aromatic N) is 2. The maximum atomic E-state index is 12.8. The summed E-state index contributed by atoms with van der Waals surface area (Å²) in [6, 6.07) is 4.86. The van der Waals surface area contributed by atoms with Gasteiger partial charge in [-0.15, -0.1) is 0 Å². The van der Waals surface area contributed by atoms with Gasteiger partial charge in [0.05, 0.1) is 4.92 Å². The van der Waals surface area contributed by atoms with Crippen LogP contribution in [0.15, 0.2) is 18.2 Å². The molecule has 1 aromatic carbocycles. The fraction of sp³-hybridized carbons (Fsp3) is 0.533. The number of carbonyl (C=O) groups excluding carboxylic acids is 1. The second-order valence-corrected chi connectivity index (χ2v) is 5.44. The standard InChI is InChI=1S/C15H21N3O3/c1-4-12-7-5-10(2)17(12)15(19)13-9-11(16-3)6-8-14(13)18(20)21/h6,8-10,12,16H,4-5,7H2,1-3H3. The lowest BCUT2D eigenvalue weighted by Crippen LogP contribution is -2.40. The van der Waals surface area contributed by atoms with Crippen LogP contribution in [0.4, 0.5) is 11.4 Å². The summed E-state index contributed by atoms with van der Waals surface area (Å²) in [5.41, 5.74) is 0.732. The first-order chi connectivity index (χ1) is 9.99. The van der Waals surface area contributed by atoms with Crippen LogP contribution in [0.5, 0.6) is 0 Å². The van der Waals surface area contributed by atoms with Crippen molar-refractivity contribution in [3.05, 3.63) is 33.9 Å². The van der Waals surface area contributed by atoms with Crippen molar-refractivity contribution in [2.24, 2.45) is 0 Å². The number of rotatable bonds is 4. The Morgan fingerprint density at radius 2 is 2.19 bits per heavy atom. The highest BCUT2D eigenvalue weighted by Crippen LogP contribution is 2.31. The molecule has 114 valence electrons. The van der Waals surface area contributed by atoms with Gasteiger partial charge in [0.15, 0.2) is 0 Å². The normalized spacial score (nSPS) is 21.4. The van der Waals surface area contributed by atoms with Crippen LogP contribution in [0, 0.1) is 10.1 Å². The summed E-state index contributed by atoms with van der Waals surface area (Å²) in [4.78, 5) is 25.3. The molecule has 1 aliphatic heterocycles. The van der Waals surface area contributed by atoms with Crippen molar-refractivity contribution in [2.75, 3.05) is 12.4 Å². The van der Waals surface area contributed by atoms with Crippen LogP contribution in [0.25, 0.3) is 0 Å². The number of nitro benzene ring substituents is 1. The number of benzene rings is 1. The lowest BCUT2D eigenvalue weighted by Gasteiger charge is -2.28. The highest BCUT2D eigenvalue weighted by atomic mass is 16.6. The van der Waals surface area contributed by atoms with Gasteiger partial charge in [0.25, 0.3) is 11.6 Å². The van der Waals surface area contributed by atoms with E-state index in [-0.39, 0.29) is 29.2 Å². The van der Waals surface area contributed by atoms with Crippen LogP contribution in [0.2, 0.25) is 0 Å². The van der Waals surface area contributed by atoms with Crippen LogP contribution in [-0.2, 0) is 0 Å². The molecular formula is C15H21N3O3. The molecule has 1 heterocycles. The molecule has 1 amide bonds. The highest BCUT2D eigenvalue weighted by molar-refractivity contribution is 5.99. The second-order valence-electron chi connectivity index (χ2n) is 5.44. The van der Waals surface area contributed by atoms with Gasteiger partial charge in [0.1, 0.15) is 5.56 Å². The van der Waals surface area contributed by atoms with Crippen LogP contribution in [-0.4, -0.2) is 34.9 Å². The zero-order valence-corrected chi connectivity index (χ0v) is 12.6. The van der Waals surface area contributed by atoms with Gasteiger partial charge in [0.2, 0.25) is 0 Å². The molecule has 21 heavy (non-hydrogen) atoms. The fourth-order valence-corrected chi connectivity index (χ4v) is 3.00. The Balaban J connectivity index is 2.44. The highest BCUT2D eigenvalue weighted by Gasteiger charge is 2.36. The SMILES string of the molecule is CCC1CCC(C)N1C(=O)c1cc(NC)ccc1[N+](=O)[O-]. The largest absolute Gasteiger partial charge is 0.388 e. The first kappa shape index (κ1) is 15.3. The molecule has 1 aromatic rings. The summed E-state index contributed by atoms with van der Waals surface area (Å²) in [5.74, 6) is -0.240. The number of amides is 1. The van der Waals surface area contributed by atoms with Gasteiger partial charge in [-0.25, -0.2) is 0 Å². The van der Waals surface area contributed by atoms with Crippen molar-refractivity contribution in [2.45, 2.75) is 45.2 Å². The third kappa shape index (κ3) is 2.84. The van der Waals surface area contributed by atoms with E-state index in [2.05, 4.69) is 5.32 Å². The summed E-state index contributed by atoms with van der Waals surface area (Å²) in [6.45, 7) is 4.04. The van der Waals surface area contributed by atoms with Crippen molar-refractivity contribution in [1.82, 2.24) is 4.90 Å². The molecule has 0 spiro atoms. The summed E-state index contributed by atoms with van der Waals surface area (Å²) < 4.78 is 0. The number of nitro groups is 1. The molecule has 0 saturated carbocycles. The molecule has 0 bridgehead atoms. The molecule has 0 aliphatic carbocycles. The Kier molecular flexibility index (Phi) is 4.45. The van der Waals surface area contributed by atoms with E-state index in [1.54, 1.807) is 19.2 Å². The molecule has 1 aliphatic rings. The number of nitrogens with one attached hydrogen (secondary N) is 1. The first-order valence-corrected chi connectivity index (χ1v) is 7.28. The summed E-state index contributed by atoms with van der Waals surface area (Å²) >= 11 is 0. The zero-order valence-electron chi connectivity index (χ0n) is 12.6. The average Bonchev–Trinajstić information content (AvgIpc) is 2.86. The van der Waals surface area contributed by atoms with E-state index >= 15 is 0 Å². The van der Waals surface area contributed by atoms with Gasteiger partial charge in [-0.2, -0.15) is 0 Å². The van der Waals surface area contributed by atoms with E-state index in [1.807, 2.05) is 18.7 Å². The number of carbonyl (C=O) groups is 1. The molecule has 2 rings (SSSR count). The minimum Gasteiger partial charge on any atom is -0.388 e.